The van der Waals surface area contributed by atoms with Crippen LogP contribution in [0.3, 0.4) is 0 Å². The number of piperidine rings is 1. The van der Waals surface area contributed by atoms with Crippen molar-refractivity contribution >= 4 is 5.95 Å². The highest BCUT2D eigenvalue weighted by atomic mass is 19.1. The number of hydrogen-bond donors (Lipinski definition) is 2. The number of likely N-dealkylation sites (tertiary alicyclic amines) is 1. The Labute approximate surface area is 141 Å². The number of nitrogens with one attached hydrogen (secondary N) is 1. The van der Waals surface area contributed by atoms with E-state index in [0.717, 1.165) is 38.0 Å². The van der Waals surface area contributed by atoms with Crippen LogP contribution in [-0.2, 0) is 0 Å². The molecule has 0 radical (unpaired) electrons. The molecule has 0 bridgehead atoms. The summed E-state index contributed by atoms with van der Waals surface area (Å²) in [6, 6.07) is 9.79. The minimum Gasteiger partial charge on any atom is -0.387 e. The predicted octanol–water partition coefficient (Wildman–Crippen LogP) is 2.47. The van der Waals surface area contributed by atoms with Crippen molar-refractivity contribution in [2.24, 2.45) is 5.92 Å². The Bertz CT molecular complexity index is 615. The van der Waals surface area contributed by atoms with Gasteiger partial charge in [-0.3, -0.25) is 0 Å². The van der Waals surface area contributed by atoms with Crippen molar-refractivity contribution in [2.45, 2.75) is 18.9 Å². The maximum Gasteiger partial charge on any atom is 0.222 e. The second kappa shape index (κ2) is 8.17. The fourth-order valence-electron chi connectivity index (χ4n) is 3.04. The molecule has 128 valence electrons. The number of hydrogen-bond acceptors (Lipinski definition) is 5. The summed E-state index contributed by atoms with van der Waals surface area (Å²) in [5.41, 5.74) is 0.967. The van der Waals surface area contributed by atoms with E-state index in [1.807, 2.05) is 30.3 Å². The Balaban J connectivity index is 1.40. The predicted molar refractivity (Wildman–Crippen MR) is 91.0 cm³/mol. The van der Waals surface area contributed by atoms with Gasteiger partial charge in [-0.15, -0.1) is 0 Å². The van der Waals surface area contributed by atoms with E-state index in [0.29, 0.717) is 18.4 Å². The first kappa shape index (κ1) is 16.8. The molecule has 0 saturated carbocycles. The lowest BCUT2D eigenvalue weighted by Gasteiger charge is -2.33. The highest BCUT2D eigenvalue weighted by Gasteiger charge is 2.21. The van der Waals surface area contributed by atoms with Crippen LogP contribution in [0.4, 0.5) is 10.3 Å². The monoisotopic (exact) mass is 330 g/mol. The van der Waals surface area contributed by atoms with Gasteiger partial charge in [0.15, 0.2) is 5.82 Å². The number of aliphatic hydroxyl groups is 1. The van der Waals surface area contributed by atoms with Crippen LogP contribution in [0.15, 0.2) is 42.7 Å². The molecule has 1 aromatic heterocycles. The molecular weight excluding hydrogens is 307 g/mol. The highest BCUT2D eigenvalue weighted by Crippen LogP contribution is 2.21. The average Bonchev–Trinajstić information content (AvgIpc) is 2.63. The van der Waals surface area contributed by atoms with Gasteiger partial charge < -0.3 is 15.3 Å². The minimum atomic E-state index is -0.437. The van der Waals surface area contributed by atoms with E-state index in [-0.39, 0.29) is 0 Å². The molecule has 2 heterocycles. The van der Waals surface area contributed by atoms with Gasteiger partial charge in [-0.05, 0) is 37.4 Å². The van der Waals surface area contributed by atoms with Crippen molar-refractivity contribution in [1.82, 2.24) is 14.9 Å². The number of rotatable bonds is 6. The number of halogens is 1. The number of anilines is 1. The SMILES string of the molecule is O[C@H](CN1CCC(CNc2ncc(F)cn2)CC1)c1ccccc1. The van der Waals surface area contributed by atoms with Crippen LogP contribution in [0.1, 0.15) is 24.5 Å². The van der Waals surface area contributed by atoms with E-state index < -0.39 is 11.9 Å². The summed E-state index contributed by atoms with van der Waals surface area (Å²) in [6.07, 6.45) is 4.03. The molecule has 24 heavy (non-hydrogen) atoms. The Morgan fingerprint density at radius 1 is 1.17 bits per heavy atom. The molecule has 1 saturated heterocycles. The molecule has 1 aliphatic heterocycles. The lowest BCUT2D eigenvalue weighted by molar-refractivity contribution is 0.0909. The molecule has 1 atom stereocenters. The first-order valence-electron chi connectivity index (χ1n) is 8.37. The number of β-amino-alcohol motifs (C(OH)–C–C–N with tert-alkyl or cyclic N) is 1. The molecule has 5 nitrogen and oxygen atoms in total. The number of aliphatic hydroxyl groups excluding tert-OH is 1. The zero-order valence-electron chi connectivity index (χ0n) is 13.6. The van der Waals surface area contributed by atoms with Crippen molar-refractivity contribution in [3.63, 3.8) is 0 Å². The quantitative estimate of drug-likeness (QED) is 0.852. The Hall–Kier alpha value is -2.05. The minimum absolute atomic E-state index is 0.425. The highest BCUT2D eigenvalue weighted by molar-refractivity contribution is 5.22. The molecule has 1 aromatic carbocycles. The fourth-order valence-corrected chi connectivity index (χ4v) is 3.04. The van der Waals surface area contributed by atoms with Gasteiger partial charge in [0.2, 0.25) is 5.95 Å². The zero-order valence-corrected chi connectivity index (χ0v) is 13.6. The van der Waals surface area contributed by atoms with E-state index in [1.54, 1.807) is 0 Å². The van der Waals surface area contributed by atoms with E-state index in [2.05, 4.69) is 20.2 Å². The Morgan fingerprint density at radius 3 is 2.50 bits per heavy atom. The molecule has 0 aliphatic carbocycles. The van der Waals surface area contributed by atoms with Crippen LogP contribution < -0.4 is 5.32 Å². The van der Waals surface area contributed by atoms with Crippen molar-refractivity contribution < 1.29 is 9.50 Å². The number of aromatic nitrogens is 2. The third-order valence-corrected chi connectivity index (χ3v) is 4.49. The van der Waals surface area contributed by atoms with Gasteiger partial charge in [-0.1, -0.05) is 30.3 Å². The van der Waals surface area contributed by atoms with E-state index >= 15 is 0 Å². The van der Waals surface area contributed by atoms with Crippen LogP contribution in [0.2, 0.25) is 0 Å². The van der Waals surface area contributed by atoms with Gasteiger partial charge in [0.1, 0.15) is 0 Å². The molecule has 6 heteroatoms. The number of benzene rings is 1. The maximum absolute atomic E-state index is 12.8. The van der Waals surface area contributed by atoms with E-state index in [4.69, 9.17) is 0 Å². The largest absolute Gasteiger partial charge is 0.387 e. The molecule has 2 N–H and O–H groups in total. The topological polar surface area (TPSA) is 61.3 Å². The van der Waals surface area contributed by atoms with Crippen LogP contribution in [0.25, 0.3) is 0 Å². The first-order chi connectivity index (χ1) is 11.7. The van der Waals surface area contributed by atoms with Crippen LogP contribution >= 0.6 is 0 Å². The normalized spacial score (nSPS) is 17.6. The first-order valence-corrected chi connectivity index (χ1v) is 8.37. The summed E-state index contributed by atoms with van der Waals surface area (Å²) < 4.78 is 12.8. The maximum atomic E-state index is 12.8. The molecule has 0 amide bonds. The second-order valence-electron chi connectivity index (χ2n) is 6.28. The van der Waals surface area contributed by atoms with Gasteiger partial charge in [0.25, 0.3) is 0 Å². The summed E-state index contributed by atoms with van der Waals surface area (Å²) in [7, 11) is 0. The molecule has 1 aliphatic rings. The molecule has 1 fully saturated rings. The standard InChI is InChI=1S/C18H23FN4O/c19-16-11-21-18(22-12-16)20-10-14-6-8-23(9-7-14)13-17(24)15-4-2-1-3-5-15/h1-5,11-12,14,17,24H,6-10,13H2,(H,20,21,22)/t17-/m1/s1. The molecule has 2 aromatic rings. The lowest BCUT2D eigenvalue weighted by atomic mass is 9.96. The Morgan fingerprint density at radius 2 is 1.83 bits per heavy atom. The second-order valence-corrected chi connectivity index (χ2v) is 6.28. The van der Waals surface area contributed by atoms with E-state index in [9.17, 15) is 9.50 Å². The van der Waals surface area contributed by atoms with Crippen LogP contribution in [-0.4, -0.2) is 46.2 Å². The summed E-state index contributed by atoms with van der Waals surface area (Å²) in [5.74, 6) is 0.591. The van der Waals surface area contributed by atoms with Crippen molar-refractivity contribution in [3.05, 3.63) is 54.1 Å². The van der Waals surface area contributed by atoms with Gasteiger partial charge in [-0.25, -0.2) is 14.4 Å². The third kappa shape index (κ3) is 4.72. The van der Waals surface area contributed by atoms with Gasteiger partial charge >= 0.3 is 0 Å². The lowest BCUT2D eigenvalue weighted by Crippen LogP contribution is -2.38. The third-order valence-electron chi connectivity index (χ3n) is 4.49. The molecule has 0 unspecified atom stereocenters. The zero-order chi connectivity index (χ0) is 16.8. The van der Waals surface area contributed by atoms with E-state index in [1.165, 1.54) is 12.4 Å². The van der Waals surface area contributed by atoms with Gasteiger partial charge in [0.05, 0.1) is 18.5 Å². The summed E-state index contributed by atoms with van der Waals surface area (Å²) in [6.45, 7) is 3.41. The van der Waals surface area contributed by atoms with Crippen LogP contribution in [0, 0.1) is 11.7 Å². The molecule has 0 spiro atoms. The average molecular weight is 330 g/mol. The fraction of sp³-hybridized carbons (Fsp3) is 0.444. The smallest absolute Gasteiger partial charge is 0.222 e. The summed E-state index contributed by atoms with van der Waals surface area (Å²) in [4.78, 5) is 10.1. The van der Waals surface area contributed by atoms with Crippen LogP contribution in [0.5, 0.6) is 0 Å². The Kier molecular flexibility index (Phi) is 5.72. The van der Waals surface area contributed by atoms with Gasteiger partial charge in [0, 0.05) is 13.1 Å². The van der Waals surface area contributed by atoms with Crippen molar-refractivity contribution in [1.29, 1.82) is 0 Å². The van der Waals surface area contributed by atoms with Gasteiger partial charge in [-0.2, -0.15) is 0 Å². The summed E-state index contributed by atoms with van der Waals surface area (Å²) in [5, 5.41) is 13.5. The summed E-state index contributed by atoms with van der Waals surface area (Å²) >= 11 is 0. The van der Waals surface area contributed by atoms with Crippen molar-refractivity contribution in [2.75, 3.05) is 31.5 Å². The molecular formula is C18H23FN4O. The van der Waals surface area contributed by atoms with Crippen molar-refractivity contribution in [3.8, 4) is 0 Å². The number of nitrogens with zero attached hydrogens (tertiary/aromatic N) is 3. The molecule has 3 rings (SSSR count).